The van der Waals surface area contributed by atoms with Crippen molar-refractivity contribution in [1.29, 1.82) is 0 Å². The van der Waals surface area contributed by atoms with Crippen LogP contribution in [0.1, 0.15) is 29.0 Å². The van der Waals surface area contributed by atoms with Gasteiger partial charge in [-0.05, 0) is 22.9 Å². The average molecular weight is 323 g/mol. The van der Waals surface area contributed by atoms with E-state index >= 15 is 0 Å². The van der Waals surface area contributed by atoms with Crippen LogP contribution in [0.25, 0.3) is 10.8 Å². The molecule has 4 rings (SSSR count). The van der Waals surface area contributed by atoms with E-state index in [2.05, 4.69) is 15.5 Å². The molecule has 1 N–H and O–H groups in total. The number of nitrogens with one attached hydrogen (secondary N) is 1. The Kier molecular flexibility index (Phi) is 3.74. The number of nitrogens with zero attached hydrogens (tertiary/aromatic N) is 2. The molecule has 0 unspecified atom stereocenters. The fourth-order valence-corrected chi connectivity index (χ4v) is 3.13. The van der Waals surface area contributed by atoms with Crippen LogP contribution in [0.5, 0.6) is 0 Å². The molecular formula is C18H17N3O3. The highest BCUT2D eigenvalue weighted by Gasteiger charge is 2.40. The zero-order valence-corrected chi connectivity index (χ0v) is 13.1. The second-order valence-electron chi connectivity index (χ2n) is 5.97. The second kappa shape index (κ2) is 6.05. The van der Waals surface area contributed by atoms with Gasteiger partial charge in [0.15, 0.2) is 5.82 Å². The van der Waals surface area contributed by atoms with Crippen LogP contribution < -0.4 is 5.32 Å². The molecule has 0 saturated carbocycles. The Morgan fingerprint density at radius 3 is 2.62 bits per heavy atom. The number of fused-ring (bicyclic) bond motifs is 1. The number of carbonyl (C=O) groups excluding carboxylic acids is 1. The molecule has 3 aromatic rings. The van der Waals surface area contributed by atoms with Gasteiger partial charge in [-0.2, -0.15) is 4.98 Å². The van der Waals surface area contributed by atoms with E-state index < -0.39 is 5.54 Å². The summed E-state index contributed by atoms with van der Waals surface area (Å²) in [5, 5.41) is 9.20. The first kappa shape index (κ1) is 14.8. The van der Waals surface area contributed by atoms with Crippen LogP contribution in [0, 0.1) is 0 Å². The molecule has 1 aromatic heterocycles. The lowest BCUT2D eigenvalue weighted by molar-refractivity contribution is 0.0306. The van der Waals surface area contributed by atoms with E-state index in [0.717, 1.165) is 10.8 Å². The third kappa shape index (κ3) is 2.65. The van der Waals surface area contributed by atoms with Crippen LogP contribution in [0.4, 0.5) is 0 Å². The summed E-state index contributed by atoms with van der Waals surface area (Å²) in [6.45, 7) is 1.10. The monoisotopic (exact) mass is 323 g/mol. The summed E-state index contributed by atoms with van der Waals surface area (Å²) in [5.74, 6) is 0.354. The Bertz CT molecular complexity index is 855. The minimum Gasteiger partial charge on any atom is -0.381 e. The van der Waals surface area contributed by atoms with E-state index in [1.54, 1.807) is 0 Å². The molecule has 1 aliphatic rings. The number of hydrogen-bond acceptors (Lipinski definition) is 5. The molecule has 0 radical (unpaired) electrons. The summed E-state index contributed by atoms with van der Waals surface area (Å²) in [7, 11) is 0. The maximum atomic E-state index is 12.8. The normalized spacial score (nSPS) is 16.8. The van der Waals surface area contributed by atoms with Crippen molar-refractivity contribution in [3.8, 4) is 0 Å². The lowest BCUT2D eigenvalue weighted by Gasteiger charge is -2.35. The molecule has 6 nitrogen and oxygen atoms in total. The van der Waals surface area contributed by atoms with Crippen molar-refractivity contribution in [1.82, 2.24) is 15.5 Å². The number of hydrogen-bond donors (Lipinski definition) is 1. The van der Waals surface area contributed by atoms with Crippen molar-refractivity contribution in [2.75, 3.05) is 13.2 Å². The predicted molar refractivity (Wildman–Crippen MR) is 87.4 cm³/mol. The standard InChI is InChI=1S/C18H17N3O3/c22-16(15-6-5-13-3-1-2-4-14(13)11-15)20-18(7-9-23-10-8-18)17-19-12-24-21-17/h1-6,11-12H,7-10H2,(H,20,22). The number of rotatable bonds is 3. The Hall–Kier alpha value is -2.73. The van der Waals surface area contributed by atoms with Gasteiger partial charge >= 0.3 is 0 Å². The highest BCUT2D eigenvalue weighted by atomic mass is 16.5. The average Bonchev–Trinajstić information content (AvgIpc) is 3.17. The van der Waals surface area contributed by atoms with Gasteiger partial charge in [0.2, 0.25) is 6.39 Å². The van der Waals surface area contributed by atoms with Crippen LogP contribution in [-0.2, 0) is 10.3 Å². The van der Waals surface area contributed by atoms with Gasteiger partial charge in [-0.15, -0.1) is 0 Å². The van der Waals surface area contributed by atoms with E-state index in [1.807, 2.05) is 42.5 Å². The summed E-state index contributed by atoms with van der Waals surface area (Å²) in [6, 6.07) is 13.6. The summed E-state index contributed by atoms with van der Waals surface area (Å²) < 4.78 is 10.3. The quantitative estimate of drug-likeness (QED) is 0.802. The molecule has 1 amide bonds. The zero-order valence-electron chi connectivity index (χ0n) is 13.1. The highest BCUT2D eigenvalue weighted by Crippen LogP contribution is 2.30. The van der Waals surface area contributed by atoms with Crippen molar-refractivity contribution in [3.05, 3.63) is 60.2 Å². The van der Waals surface area contributed by atoms with Gasteiger partial charge < -0.3 is 14.6 Å². The molecule has 6 heteroatoms. The SMILES string of the molecule is O=C(NC1(c2ncon2)CCOCC1)c1ccc2ccccc2c1. The Balaban J connectivity index is 1.65. The van der Waals surface area contributed by atoms with Crippen LogP contribution in [0.15, 0.2) is 53.4 Å². The Morgan fingerprint density at radius 2 is 1.88 bits per heavy atom. The molecule has 0 spiro atoms. The molecular weight excluding hydrogens is 306 g/mol. The van der Waals surface area contributed by atoms with E-state index in [9.17, 15) is 4.79 Å². The summed E-state index contributed by atoms with van der Waals surface area (Å²) in [4.78, 5) is 17.0. The maximum Gasteiger partial charge on any atom is 0.252 e. The molecule has 0 atom stereocenters. The van der Waals surface area contributed by atoms with E-state index in [1.165, 1.54) is 6.39 Å². The van der Waals surface area contributed by atoms with Gasteiger partial charge in [-0.3, -0.25) is 4.79 Å². The minimum atomic E-state index is -0.645. The van der Waals surface area contributed by atoms with E-state index in [4.69, 9.17) is 9.26 Å². The lowest BCUT2D eigenvalue weighted by Crippen LogP contribution is -2.50. The number of aromatic nitrogens is 2. The van der Waals surface area contributed by atoms with Gasteiger partial charge in [0, 0.05) is 31.6 Å². The van der Waals surface area contributed by atoms with E-state index in [0.29, 0.717) is 37.4 Å². The van der Waals surface area contributed by atoms with Crippen LogP contribution in [-0.4, -0.2) is 29.3 Å². The fourth-order valence-electron chi connectivity index (χ4n) is 3.13. The third-order valence-corrected chi connectivity index (χ3v) is 4.50. The van der Waals surface area contributed by atoms with Gasteiger partial charge in [-0.1, -0.05) is 35.5 Å². The molecule has 1 aliphatic heterocycles. The van der Waals surface area contributed by atoms with Crippen LogP contribution >= 0.6 is 0 Å². The molecule has 2 aromatic carbocycles. The largest absolute Gasteiger partial charge is 0.381 e. The van der Waals surface area contributed by atoms with Crippen LogP contribution in [0.3, 0.4) is 0 Å². The van der Waals surface area contributed by atoms with Gasteiger partial charge in [0.05, 0.1) is 0 Å². The molecule has 24 heavy (non-hydrogen) atoms. The van der Waals surface area contributed by atoms with Crippen molar-refractivity contribution < 1.29 is 14.1 Å². The second-order valence-corrected chi connectivity index (χ2v) is 5.97. The Labute approximate surface area is 138 Å². The number of amides is 1. The van der Waals surface area contributed by atoms with Crippen molar-refractivity contribution in [2.24, 2.45) is 0 Å². The first-order chi connectivity index (χ1) is 11.8. The summed E-state index contributed by atoms with van der Waals surface area (Å²) >= 11 is 0. The molecule has 0 bridgehead atoms. The summed E-state index contributed by atoms with van der Waals surface area (Å²) in [6.07, 6.45) is 2.52. The predicted octanol–water partition coefficient (Wildman–Crippen LogP) is 2.66. The molecule has 1 fully saturated rings. The number of benzene rings is 2. The first-order valence-corrected chi connectivity index (χ1v) is 7.93. The summed E-state index contributed by atoms with van der Waals surface area (Å²) in [5.41, 5.74) is -0.0309. The fraction of sp³-hybridized carbons (Fsp3) is 0.278. The van der Waals surface area contributed by atoms with Crippen molar-refractivity contribution >= 4 is 16.7 Å². The van der Waals surface area contributed by atoms with Gasteiger partial charge in [-0.25, -0.2) is 0 Å². The topological polar surface area (TPSA) is 77.3 Å². The van der Waals surface area contributed by atoms with E-state index in [-0.39, 0.29) is 5.91 Å². The smallest absolute Gasteiger partial charge is 0.252 e. The Morgan fingerprint density at radius 1 is 1.08 bits per heavy atom. The first-order valence-electron chi connectivity index (χ1n) is 7.93. The van der Waals surface area contributed by atoms with Crippen molar-refractivity contribution in [2.45, 2.75) is 18.4 Å². The van der Waals surface area contributed by atoms with Crippen molar-refractivity contribution in [3.63, 3.8) is 0 Å². The maximum absolute atomic E-state index is 12.8. The minimum absolute atomic E-state index is 0.146. The number of ether oxygens (including phenoxy) is 1. The number of carbonyl (C=O) groups is 1. The zero-order chi connectivity index (χ0) is 16.4. The molecule has 122 valence electrons. The van der Waals surface area contributed by atoms with Gasteiger partial charge in [0.1, 0.15) is 5.54 Å². The molecule has 1 saturated heterocycles. The van der Waals surface area contributed by atoms with Gasteiger partial charge in [0.25, 0.3) is 5.91 Å². The molecule has 0 aliphatic carbocycles. The molecule has 2 heterocycles. The highest BCUT2D eigenvalue weighted by molar-refractivity contribution is 5.98. The third-order valence-electron chi connectivity index (χ3n) is 4.50. The lowest BCUT2D eigenvalue weighted by atomic mass is 9.88. The van der Waals surface area contributed by atoms with Crippen LogP contribution in [0.2, 0.25) is 0 Å².